The molecule has 0 unspecified atom stereocenters. The number of fused-ring (bicyclic) bond motifs is 2. The van der Waals surface area contributed by atoms with E-state index in [9.17, 15) is 120 Å². The van der Waals surface area contributed by atoms with Gasteiger partial charge in [0.1, 0.15) is 133 Å². The number of thioether (sulfide) groups is 4. The third-order valence-corrected chi connectivity index (χ3v) is 25.3. The summed E-state index contributed by atoms with van der Waals surface area (Å²) >= 11 is 9.00. The zero-order valence-electron chi connectivity index (χ0n) is 71.7. The Hall–Kier alpha value is -7.31. The van der Waals surface area contributed by atoms with E-state index in [1.807, 2.05) is 0 Å². The lowest BCUT2D eigenvalue weighted by atomic mass is 9.90. The van der Waals surface area contributed by atoms with Gasteiger partial charge in [-0.25, -0.2) is 0 Å². The van der Waals surface area contributed by atoms with Crippen LogP contribution in [0, 0.1) is 0 Å². The number of carbonyl (C=O) groups is 9. The number of anilines is 1. The van der Waals surface area contributed by atoms with Crippen LogP contribution in [0.3, 0.4) is 0 Å². The highest BCUT2D eigenvalue weighted by Crippen LogP contribution is 2.43. The number of aliphatic hydroxyl groups excluding tert-OH is 16. The molecule has 2 aromatic rings. The SMILES string of the molecule is NC(=O)CCNC(=O)[C@H](CCCCNC(=O)c1cc(NC=S)ccc1-c1c2ccc(=O)cc-2oc2cc(O)ccc12)NC(=O)[C@H](CCCCNC(=O)CSCCO[C@H]1O[C@H](CO)[C@@H](O)[C@H](O)[C@@H]1O)N(C(=O)CSCCO[C@H]1O[C@H](CO)[C@@H](O)[C@H](O)[C@@H]1O)C(=O)[C@H](CCCCNC(=O)CSCCO[C@H]1O[C@H](CO)[C@@H](O)[C@H](O)[C@@H]1O)NC(=O)CSCCO[C@H]1O[C@H](CO)[C@@H](O)[C@H](O)[C@@H]1O. The summed E-state index contributed by atoms with van der Waals surface area (Å²) in [6, 6.07) is 8.11. The average Bonchev–Trinajstić information content (AvgIpc) is 0.744. The Morgan fingerprint density at radius 3 is 1.37 bits per heavy atom. The maximum atomic E-state index is 16.0. The van der Waals surface area contributed by atoms with Gasteiger partial charge in [-0.15, -0.1) is 47.0 Å². The summed E-state index contributed by atoms with van der Waals surface area (Å²) in [5.41, 5.74) is 8.29. The van der Waals surface area contributed by atoms with Crippen LogP contribution in [-0.2, 0) is 76.3 Å². The van der Waals surface area contributed by atoms with Crippen LogP contribution in [0.2, 0.25) is 0 Å². The maximum Gasteiger partial charge on any atom is 0.252 e. The largest absolute Gasteiger partial charge is 0.508 e. The van der Waals surface area contributed by atoms with Crippen molar-refractivity contribution in [1.29, 1.82) is 0 Å². The van der Waals surface area contributed by atoms with Gasteiger partial charge in [-0.1, -0.05) is 18.3 Å². The molecule has 26 N–H and O–H groups in total. The molecule has 0 saturated carbocycles. The van der Waals surface area contributed by atoms with Gasteiger partial charge in [0.05, 0.1) is 81.4 Å². The number of hydrogen-bond acceptors (Lipinski definition) is 41. The Bertz CT molecular complexity index is 4380. The van der Waals surface area contributed by atoms with Crippen LogP contribution in [0.4, 0.5) is 5.69 Å². The smallest absolute Gasteiger partial charge is 0.252 e. The van der Waals surface area contributed by atoms with Crippen molar-refractivity contribution < 1.29 is 172 Å². The van der Waals surface area contributed by atoms with E-state index in [1.54, 1.807) is 18.2 Å². The molecule has 738 valence electrons. The van der Waals surface area contributed by atoms with E-state index in [2.05, 4.69) is 37.2 Å². The molecule has 50 heteroatoms. The van der Waals surface area contributed by atoms with E-state index in [4.69, 9.17) is 60.3 Å². The molecule has 0 bridgehead atoms. The number of carbonyl (C=O) groups excluding carboxylic acids is 9. The summed E-state index contributed by atoms with van der Waals surface area (Å²) < 4.78 is 50.1. The van der Waals surface area contributed by atoms with Gasteiger partial charge in [-0.05, 0) is 99.7 Å². The number of nitrogens with one attached hydrogen (secondary N) is 7. The summed E-state index contributed by atoms with van der Waals surface area (Å²) in [4.78, 5) is 143. The number of thiocarbonyl (C=S) groups is 1. The molecular formula is C82H119N9O36S5. The first-order valence-corrected chi connectivity index (χ1v) is 47.7. The van der Waals surface area contributed by atoms with Crippen LogP contribution in [0.15, 0.2) is 63.8 Å². The quantitative estimate of drug-likeness (QED) is 0.0111. The van der Waals surface area contributed by atoms with Gasteiger partial charge in [0.15, 0.2) is 30.6 Å². The molecule has 132 heavy (non-hydrogen) atoms. The predicted molar refractivity (Wildman–Crippen MR) is 478 cm³/mol. The average molecular weight is 1970 g/mol. The zero-order valence-corrected chi connectivity index (χ0v) is 75.8. The third-order valence-electron chi connectivity index (χ3n) is 21.5. The first-order chi connectivity index (χ1) is 63.2. The fourth-order valence-electron chi connectivity index (χ4n) is 14.4. The van der Waals surface area contributed by atoms with Crippen LogP contribution in [0.5, 0.6) is 5.75 Å². The van der Waals surface area contributed by atoms with Crippen molar-refractivity contribution in [2.24, 2.45) is 5.73 Å². The Balaban J connectivity index is 1.06. The van der Waals surface area contributed by atoms with Crippen LogP contribution in [0.1, 0.15) is 74.6 Å². The third kappa shape index (κ3) is 32.4. The predicted octanol–water partition coefficient (Wildman–Crippen LogP) is -7.00. The molecule has 2 aromatic carbocycles. The molecule has 5 heterocycles. The lowest BCUT2D eigenvalue weighted by molar-refractivity contribution is -0.299. The molecule has 0 radical (unpaired) electrons. The number of primary amides is 1. The molecular weight excluding hydrogens is 1850 g/mol. The molecule has 9 amide bonds. The molecule has 5 aliphatic heterocycles. The van der Waals surface area contributed by atoms with Crippen molar-refractivity contribution in [3.8, 4) is 28.2 Å². The number of nitrogens with two attached hydrogens (primary N) is 1. The van der Waals surface area contributed by atoms with E-state index in [-0.39, 0.29) is 173 Å². The number of rotatable bonds is 56. The number of unbranched alkanes of at least 4 members (excludes halogenated alkanes) is 3. The highest BCUT2D eigenvalue weighted by Gasteiger charge is 2.49. The van der Waals surface area contributed by atoms with Gasteiger partial charge in [-0.2, -0.15) is 0 Å². The number of nitrogens with zero attached hydrogens (tertiary/aromatic N) is 1. The highest BCUT2D eigenvalue weighted by molar-refractivity contribution is 8.00. The Kier molecular flexibility index (Phi) is 47.0. The molecule has 8 rings (SSSR count). The number of aliphatic hydroxyl groups is 16. The second-order valence-corrected chi connectivity index (χ2v) is 35.7. The summed E-state index contributed by atoms with van der Waals surface area (Å²) in [6.45, 7) is -4.40. The Morgan fingerprint density at radius 2 is 0.909 bits per heavy atom. The van der Waals surface area contributed by atoms with Gasteiger partial charge in [-0.3, -0.25) is 52.8 Å². The summed E-state index contributed by atoms with van der Waals surface area (Å²) in [5.74, 6) is -8.92. The summed E-state index contributed by atoms with van der Waals surface area (Å²) in [7, 11) is 0. The molecule has 4 fully saturated rings. The Morgan fingerprint density at radius 1 is 0.470 bits per heavy atom. The van der Waals surface area contributed by atoms with E-state index < -0.39 is 238 Å². The molecule has 0 spiro atoms. The van der Waals surface area contributed by atoms with E-state index in [0.717, 1.165) is 47.0 Å². The van der Waals surface area contributed by atoms with E-state index in [1.165, 1.54) is 41.9 Å². The Labute approximate surface area is 779 Å². The van der Waals surface area contributed by atoms with Crippen LogP contribution >= 0.6 is 59.3 Å². The number of imide groups is 1. The molecule has 1 aliphatic carbocycles. The number of amides is 9. The minimum atomic E-state index is -1.93. The standard InChI is InChI=1S/C82H119N9O36S5/c83-57(98)16-20-87-76(116)48(7-1-5-19-86-75(115)47-29-41(88-40-128)10-13-44(47)62-45-14-11-42(96)30-51(45)123-52-31-43(97)12-15-46(52)62)90-77(117)50(9-3-6-18-85-59(100)37-130-26-22-120-80-72(112)68(108)64(104)54(33-93)125-80)91(61(102)39-132-28-24-122-82-74(114)70(110)66(106)56(35-95)127-82)78(118)49(89-60(101)38-131-27-23-121-81-73(113)69(109)65(105)55(34-94)126-81)8-2-4-17-84-58(99)36-129-25-21-119-79-71(111)67(107)63(103)53(32-92)124-79/h10-15,29-31,40,48-50,53-56,63-74,79-82,92-96,103-114H,1-9,16-28,32-39H2,(H2,83,98)(H,84,99)(H,85,100)(H,86,115)(H,87,116)(H,88,128)(H,89,101)(H,90,117)/t48-,49-,50-,53+,54+,55+,56+,63+,64+,65+,66+,67-,68-,69-,70-,71-,72-,73-,74-,79-,80-,81-,82-/m0/s1. The van der Waals surface area contributed by atoms with Gasteiger partial charge >= 0.3 is 0 Å². The molecule has 23 atom stereocenters. The lowest BCUT2D eigenvalue weighted by Crippen LogP contribution is -2.60. The molecule has 45 nitrogen and oxygen atoms in total. The fraction of sp³-hybridized carbons (Fsp3) is 0.646. The minimum absolute atomic E-state index is 0.00976. The van der Waals surface area contributed by atoms with Gasteiger partial charge < -0.3 is 172 Å². The summed E-state index contributed by atoms with van der Waals surface area (Å²) in [5, 5.41) is 193. The highest BCUT2D eigenvalue weighted by atomic mass is 32.2. The number of benzene rings is 3. The number of ether oxygens (including phenoxy) is 8. The molecule has 0 aromatic heterocycles. The van der Waals surface area contributed by atoms with E-state index >= 15 is 14.4 Å². The normalized spacial score (nSPS) is 26.2. The maximum absolute atomic E-state index is 16.0. The van der Waals surface area contributed by atoms with Gasteiger partial charge in [0.2, 0.25) is 41.4 Å². The number of hydrogen-bond donors (Lipinski definition) is 25. The van der Waals surface area contributed by atoms with E-state index in [0.29, 0.717) is 32.7 Å². The second kappa shape index (κ2) is 56.4. The van der Waals surface area contributed by atoms with Crippen molar-refractivity contribution in [2.75, 3.05) is 130 Å². The number of phenols is 1. The first kappa shape index (κ1) is 110. The zero-order chi connectivity index (χ0) is 96.3. The topological polar surface area (TPSA) is 715 Å². The number of phenolic OH excluding ortho intramolecular Hbond substituents is 1. The number of aromatic hydroxyl groups is 1. The van der Waals surface area contributed by atoms with Crippen molar-refractivity contribution in [3.63, 3.8) is 0 Å². The van der Waals surface area contributed by atoms with Crippen LogP contribution in [0.25, 0.3) is 33.4 Å². The van der Waals surface area contributed by atoms with Crippen LogP contribution < -0.4 is 48.4 Å². The fourth-order valence-corrected chi connectivity index (χ4v) is 17.1. The molecule has 4 saturated heterocycles. The second-order valence-electron chi connectivity index (χ2n) is 31.1. The van der Waals surface area contributed by atoms with Crippen molar-refractivity contribution in [1.82, 2.24) is 36.8 Å². The molecule has 6 aliphatic rings. The lowest BCUT2D eigenvalue weighted by Gasteiger charge is -2.39. The van der Waals surface area contributed by atoms with Crippen molar-refractivity contribution in [3.05, 3.63) is 70.4 Å². The minimum Gasteiger partial charge on any atom is -0.508 e. The van der Waals surface area contributed by atoms with Crippen molar-refractivity contribution in [2.45, 2.75) is 205 Å². The van der Waals surface area contributed by atoms with Gasteiger partial charge in [0, 0.05) is 95.5 Å². The van der Waals surface area contributed by atoms with Crippen LogP contribution in [-0.4, -0.2) is 416 Å². The van der Waals surface area contributed by atoms with Gasteiger partial charge in [0.25, 0.3) is 11.8 Å². The van der Waals surface area contributed by atoms with Crippen molar-refractivity contribution >= 4 is 135 Å². The first-order valence-electron chi connectivity index (χ1n) is 42.6. The summed E-state index contributed by atoms with van der Waals surface area (Å²) in [6.07, 6.45) is -33.1. The monoisotopic (exact) mass is 1970 g/mol.